The lowest BCUT2D eigenvalue weighted by Gasteiger charge is -2.15. The van der Waals surface area contributed by atoms with Crippen molar-refractivity contribution in [3.63, 3.8) is 0 Å². The zero-order chi connectivity index (χ0) is 16.0. The van der Waals surface area contributed by atoms with E-state index in [-0.39, 0.29) is 18.9 Å². The maximum absolute atomic E-state index is 12.1. The first-order valence-electron chi connectivity index (χ1n) is 7.06. The highest BCUT2D eigenvalue weighted by molar-refractivity contribution is 5.48. The Labute approximate surface area is 123 Å². The van der Waals surface area contributed by atoms with Crippen molar-refractivity contribution in [3.05, 3.63) is 11.4 Å². The van der Waals surface area contributed by atoms with Gasteiger partial charge in [0, 0.05) is 18.9 Å². The van der Waals surface area contributed by atoms with Crippen LogP contribution in [0.1, 0.15) is 50.9 Å². The van der Waals surface area contributed by atoms with Gasteiger partial charge in [-0.2, -0.15) is 18.2 Å². The van der Waals surface area contributed by atoms with E-state index in [1.165, 1.54) is 0 Å². The number of hydrogen-bond acceptors (Lipinski definition) is 4. The van der Waals surface area contributed by atoms with Crippen LogP contribution in [0.15, 0.2) is 0 Å². The van der Waals surface area contributed by atoms with Crippen LogP contribution in [-0.2, 0) is 0 Å². The van der Waals surface area contributed by atoms with Gasteiger partial charge in [-0.3, -0.25) is 0 Å². The zero-order valence-corrected chi connectivity index (χ0v) is 12.8. The molecule has 4 nitrogen and oxygen atoms in total. The molecule has 0 amide bonds. The van der Waals surface area contributed by atoms with Gasteiger partial charge < -0.3 is 10.1 Å². The van der Waals surface area contributed by atoms with Crippen LogP contribution in [0.5, 0.6) is 5.88 Å². The van der Waals surface area contributed by atoms with Gasteiger partial charge >= 0.3 is 6.18 Å². The van der Waals surface area contributed by atoms with E-state index < -0.39 is 12.6 Å². The molecule has 0 aromatic carbocycles. The van der Waals surface area contributed by atoms with Crippen LogP contribution in [0.3, 0.4) is 0 Å². The molecule has 7 heteroatoms. The van der Waals surface area contributed by atoms with Gasteiger partial charge in [-0.25, -0.2) is 4.98 Å². The smallest absolute Gasteiger partial charge is 0.389 e. The van der Waals surface area contributed by atoms with Gasteiger partial charge in [-0.1, -0.05) is 13.8 Å². The summed E-state index contributed by atoms with van der Waals surface area (Å²) in [7, 11) is 0. The summed E-state index contributed by atoms with van der Waals surface area (Å²) in [6, 6.07) is 0. The molecule has 0 atom stereocenters. The highest BCUT2D eigenvalue weighted by Gasteiger charge is 2.26. The molecule has 0 aliphatic rings. The van der Waals surface area contributed by atoms with Crippen molar-refractivity contribution in [1.82, 2.24) is 9.97 Å². The maximum Gasteiger partial charge on any atom is 0.389 e. The van der Waals surface area contributed by atoms with Crippen LogP contribution in [0.4, 0.5) is 19.0 Å². The normalized spacial score (nSPS) is 11.8. The molecule has 0 saturated carbocycles. The number of alkyl halides is 3. The molecule has 0 spiro atoms. The minimum absolute atomic E-state index is 0.0134. The number of halogens is 3. The number of nitrogens with one attached hydrogen (secondary N) is 1. The first-order chi connectivity index (χ1) is 9.74. The van der Waals surface area contributed by atoms with Crippen molar-refractivity contribution >= 4 is 5.82 Å². The molecule has 1 aromatic heterocycles. The number of aromatic nitrogens is 2. The van der Waals surface area contributed by atoms with E-state index in [2.05, 4.69) is 15.3 Å². The van der Waals surface area contributed by atoms with Gasteiger partial charge in [0.1, 0.15) is 11.6 Å². The molecule has 0 radical (unpaired) electrons. The van der Waals surface area contributed by atoms with Gasteiger partial charge in [0.2, 0.25) is 5.88 Å². The van der Waals surface area contributed by atoms with E-state index in [0.29, 0.717) is 29.6 Å². The molecule has 1 rings (SSSR count). The SMILES string of the molecule is CCNc1nc(C(C)C)nc(OCCCC(F)(F)F)c1C. The summed E-state index contributed by atoms with van der Waals surface area (Å²) in [5.41, 5.74) is 0.716. The molecule has 1 aromatic rings. The van der Waals surface area contributed by atoms with Gasteiger partial charge in [0.25, 0.3) is 0 Å². The van der Waals surface area contributed by atoms with Crippen LogP contribution in [0, 0.1) is 6.92 Å². The molecular formula is C14H22F3N3O. The quantitative estimate of drug-likeness (QED) is 0.772. The maximum atomic E-state index is 12.1. The van der Waals surface area contributed by atoms with Crippen LogP contribution >= 0.6 is 0 Å². The van der Waals surface area contributed by atoms with Crippen LogP contribution in [-0.4, -0.2) is 29.3 Å². The summed E-state index contributed by atoms with van der Waals surface area (Å²) in [5, 5.41) is 3.12. The number of rotatable bonds is 7. The first-order valence-corrected chi connectivity index (χ1v) is 7.06. The van der Waals surface area contributed by atoms with Crippen LogP contribution in [0.25, 0.3) is 0 Å². The zero-order valence-electron chi connectivity index (χ0n) is 12.8. The monoisotopic (exact) mass is 305 g/mol. The summed E-state index contributed by atoms with van der Waals surface area (Å²) in [6.07, 6.45) is -5.09. The molecule has 0 aliphatic heterocycles. The minimum Gasteiger partial charge on any atom is -0.477 e. The fourth-order valence-electron chi connectivity index (χ4n) is 1.69. The van der Waals surface area contributed by atoms with Crippen LogP contribution in [0.2, 0.25) is 0 Å². The Morgan fingerprint density at radius 2 is 1.90 bits per heavy atom. The van der Waals surface area contributed by atoms with Gasteiger partial charge in [0.15, 0.2) is 0 Å². The molecular weight excluding hydrogens is 283 g/mol. The molecule has 1 N–H and O–H groups in total. The number of hydrogen-bond donors (Lipinski definition) is 1. The average Bonchev–Trinajstić information content (AvgIpc) is 2.37. The second-order valence-corrected chi connectivity index (χ2v) is 5.11. The van der Waals surface area contributed by atoms with Crippen molar-refractivity contribution < 1.29 is 17.9 Å². The second kappa shape index (κ2) is 7.47. The molecule has 21 heavy (non-hydrogen) atoms. The van der Waals surface area contributed by atoms with Crippen LogP contribution < -0.4 is 10.1 Å². The van der Waals surface area contributed by atoms with E-state index in [9.17, 15) is 13.2 Å². The molecule has 120 valence electrons. The van der Waals surface area contributed by atoms with E-state index in [1.54, 1.807) is 6.92 Å². The Bertz CT molecular complexity index is 462. The Morgan fingerprint density at radius 3 is 2.43 bits per heavy atom. The second-order valence-electron chi connectivity index (χ2n) is 5.11. The largest absolute Gasteiger partial charge is 0.477 e. The van der Waals surface area contributed by atoms with Crippen molar-refractivity contribution in [3.8, 4) is 5.88 Å². The third kappa shape index (κ3) is 5.77. The lowest BCUT2D eigenvalue weighted by atomic mass is 10.2. The summed E-state index contributed by atoms with van der Waals surface area (Å²) in [4.78, 5) is 8.70. The van der Waals surface area contributed by atoms with Crippen molar-refractivity contribution in [1.29, 1.82) is 0 Å². The summed E-state index contributed by atoms with van der Waals surface area (Å²) in [6.45, 7) is 8.33. The predicted molar refractivity (Wildman–Crippen MR) is 75.8 cm³/mol. The summed E-state index contributed by atoms with van der Waals surface area (Å²) < 4.78 is 41.7. The first kappa shape index (κ1) is 17.5. The fraction of sp³-hybridized carbons (Fsp3) is 0.714. The highest BCUT2D eigenvalue weighted by Crippen LogP contribution is 2.26. The van der Waals surface area contributed by atoms with Gasteiger partial charge in [-0.05, 0) is 20.3 Å². The highest BCUT2D eigenvalue weighted by atomic mass is 19.4. The van der Waals surface area contributed by atoms with Crippen molar-refractivity contribution in [2.75, 3.05) is 18.5 Å². The third-order valence-electron chi connectivity index (χ3n) is 2.82. The molecule has 0 unspecified atom stereocenters. The van der Waals surface area contributed by atoms with Gasteiger partial charge in [0.05, 0.1) is 12.2 Å². The lowest BCUT2D eigenvalue weighted by Crippen LogP contribution is -2.13. The van der Waals surface area contributed by atoms with E-state index in [0.717, 1.165) is 0 Å². The standard InChI is InChI=1S/C14H22F3N3O/c1-5-18-12-10(4)13(20-11(19-12)9(2)3)21-8-6-7-14(15,16)17/h9H,5-8H2,1-4H3,(H,18,19,20). The Morgan fingerprint density at radius 1 is 1.24 bits per heavy atom. The topological polar surface area (TPSA) is 47.0 Å². The average molecular weight is 305 g/mol. The lowest BCUT2D eigenvalue weighted by molar-refractivity contribution is -0.136. The molecule has 0 bridgehead atoms. The Balaban J connectivity index is 2.80. The minimum atomic E-state index is -4.15. The summed E-state index contributed by atoms with van der Waals surface area (Å²) in [5.74, 6) is 1.75. The Hall–Kier alpha value is -1.53. The van der Waals surface area contributed by atoms with Crippen molar-refractivity contribution in [2.24, 2.45) is 0 Å². The van der Waals surface area contributed by atoms with E-state index in [1.807, 2.05) is 20.8 Å². The van der Waals surface area contributed by atoms with Gasteiger partial charge in [-0.15, -0.1) is 0 Å². The molecule has 0 fully saturated rings. The van der Waals surface area contributed by atoms with E-state index in [4.69, 9.17) is 4.74 Å². The predicted octanol–water partition coefficient (Wildman–Crippen LogP) is 4.06. The third-order valence-corrected chi connectivity index (χ3v) is 2.82. The number of nitrogens with zero attached hydrogens (tertiary/aromatic N) is 2. The van der Waals surface area contributed by atoms with Crippen molar-refractivity contribution in [2.45, 2.75) is 52.6 Å². The summed E-state index contributed by atoms with van der Waals surface area (Å²) >= 11 is 0. The molecule has 0 aliphatic carbocycles. The molecule has 1 heterocycles. The number of anilines is 1. The fourth-order valence-corrected chi connectivity index (χ4v) is 1.69. The van der Waals surface area contributed by atoms with E-state index >= 15 is 0 Å². The number of ether oxygens (including phenoxy) is 1. The molecule has 0 saturated heterocycles. The Kier molecular flexibility index (Phi) is 6.23.